The Balaban J connectivity index is 2.10. The molecule has 1 aliphatic rings. The molecular weight excluding hydrogens is 379 g/mol. The number of para-hydroxylation sites is 1. The van der Waals surface area contributed by atoms with Crippen molar-refractivity contribution in [1.82, 2.24) is 5.43 Å². The van der Waals surface area contributed by atoms with Gasteiger partial charge in [0.1, 0.15) is 5.84 Å². The molecule has 0 spiro atoms. The lowest BCUT2D eigenvalue weighted by Crippen LogP contribution is -2.22. The summed E-state index contributed by atoms with van der Waals surface area (Å²) in [6, 6.07) is 13.2. The Kier molecular flexibility index (Phi) is 5.74. The van der Waals surface area contributed by atoms with Crippen LogP contribution in [0.5, 0.6) is 0 Å². The van der Waals surface area contributed by atoms with Gasteiger partial charge in [0.25, 0.3) is 0 Å². The molecule has 0 saturated heterocycles. The lowest BCUT2D eigenvalue weighted by molar-refractivity contribution is 0.987. The molecule has 7 heteroatoms. The van der Waals surface area contributed by atoms with Gasteiger partial charge >= 0.3 is 0 Å². The Labute approximate surface area is 161 Å². The van der Waals surface area contributed by atoms with Gasteiger partial charge in [-0.3, -0.25) is 10.4 Å². The second-order valence-electron chi connectivity index (χ2n) is 5.43. The van der Waals surface area contributed by atoms with Crippen LogP contribution in [0.15, 0.2) is 57.6 Å². The predicted octanol–water partition coefficient (Wildman–Crippen LogP) is 5.08. The maximum atomic E-state index is 6.38. The highest BCUT2D eigenvalue weighted by Crippen LogP contribution is 2.33. The molecule has 1 aliphatic heterocycles. The second-order valence-corrected chi connectivity index (χ2v) is 6.51. The summed E-state index contributed by atoms with van der Waals surface area (Å²) in [5.41, 5.74) is 6.73. The van der Waals surface area contributed by atoms with Crippen molar-refractivity contribution in [3.05, 3.63) is 63.6 Å². The molecule has 0 radical (unpaired) electrons. The van der Waals surface area contributed by atoms with Crippen molar-refractivity contribution in [2.24, 2.45) is 15.1 Å². The molecule has 0 fully saturated rings. The Morgan fingerprint density at radius 3 is 2.56 bits per heavy atom. The summed E-state index contributed by atoms with van der Waals surface area (Å²) in [6.45, 7) is 2.15. The van der Waals surface area contributed by atoms with Crippen molar-refractivity contribution < 1.29 is 0 Å². The highest BCUT2D eigenvalue weighted by atomic mass is 35.5. The molecule has 128 valence electrons. The van der Waals surface area contributed by atoms with Gasteiger partial charge in [0, 0.05) is 21.9 Å². The van der Waals surface area contributed by atoms with Crippen molar-refractivity contribution in [3.8, 4) is 0 Å². The molecule has 1 N–H and O–H groups in total. The van der Waals surface area contributed by atoms with Gasteiger partial charge < -0.3 is 0 Å². The molecule has 0 aromatic heterocycles. The van der Waals surface area contributed by atoms with Gasteiger partial charge in [0.2, 0.25) is 0 Å². The maximum Gasteiger partial charge on any atom is 0.144 e. The average Bonchev–Trinajstić information content (AvgIpc) is 2.81. The quantitative estimate of drug-likeness (QED) is 0.441. The van der Waals surface area contributed by atoms with E-state index in [0.29, 0.717) is 34.0 Å². The molecule has 1 heterocycles. The Morgan fingerprint density at radius 1 is 1.08 bits per heavy atom. The number of amidine groups is 1. The molecule has 2 aromatic carbocycles. The molecule has 3 rings (SSSR count). The van der Waals surface area contributed by atoms with Crippen LogP contribution in [-0.4, -0.2) is 29.7 Å². The monoisotopic (exact) mass is 392 g/mol. The fraction of sp³-hybridized carbons (Fsp3) is 0.167. The normalized spacial score (nSPS) is 14.3. The van der Waals surface area contributed by atoms with Crippen LogP contribution in [0.25, 0.3) is 0 Å². The number of rotatable bonds is 3. The standard InChI is InChI=1S/C18H15Cl3N4/c1-11(9-19)24-25-16-10-22-17(12-5-2-3-7-14(12)20)13-6-4-8-15(21)18(13)23-16/h2-8H,9-10H2,1H3,(H,23,25)/b24-11+. The minimum atomic E-state index is 0.324. The van der Waals surface area contributed by atoms with Crippen LogP contribution >= 0.6 is 34.8 Å². The predicted molar refractivity (Wildman–Crippen MR) is 107 cm³/mol. The van der Waals surface area contributed by atoms with E-state index in [1.165, 1.54) is 0 Å². The van der Waals surface area contributed by atoms with E-state index in [1.54, 1.807) is 6.07 Å². The summed E-state index contributed by atoms with van der Waals surface area (Å²) >= 11 is 18.5. The first-order valence-corrected chi connectivity index (χ1v) is 8.90. The molecule has 25 heavy (non-hydrogen) atoms. The Hall–Kier alpha value is -1.88. The van der Waals surface area contributed by atoms with E-state index < -0.39 is 0 Å². The largest absolute Gasteiger partial charge is 0.276 e. The minimum Gasteiger partial charge on any atom is -0.276 e. The second kappa shape index (κ2) is 8.00. The lowest BCUT2D eigenvalue weighted by atomic mass is 10.0. The lowest BCUT2D eigenvalue weighted by Gasteiger charge is -2.10. The van der Waals surface area contributed by atoms with Crippen LogP contribution in [0.1, 0.15) is 18.1 Å². The summed E-state index contributed by atoms with van der Waals surface area (Å²) in [7, 11) is 0. The van der Waals surface area contributed by atoms with E-state index in [1.807, 2.05) is 43.3 Å². The number of halogens is 3. The summed E-state index contributed by atoms with van der Waals surface area (Å²) in [5.74, 6) is 0.923. The van der Waals surface area contributed by atoms with E-state index >= 15 is 0 Å². The SMILES string of the molecule is C/C(CCl)=N\NC1=Nc2c(Cl)cccc2C(c2ccccc2Cl)=NC1. The molecule has 0 saturated carbocycles. The number of fused-ring (bicyclic) bond motifs is 1. The van der Waals surface area contributed by atoms with Crippen LogP contribution in [0, 0.1) is 0 Å². The number of hydrogen-bond acceptors (Lipinski definition) is 4. The zero-order valence-electron chi connectivity index (χ0n) is 13.4. The number of nitrogens with zero attached hydrogens (tertiary/aromatic N) is 3. The molecule has 4 nitrogen and oxygen atoms in total. The zero-order valence-corrected chi connectivity index (χ0v) is 15.7. The Morgan fingerprint density at radius 2 is 1.80 bits per heavy atom. The molecule has 0 bridgehead atoms. The molecular formula is C18H15Cl3N4. The molecule has 0 unspecified atom stereocenters. The van der Waals surface area contributed by atoms with E-state index in [-0.39, 0.29) is 0 Å². The van der Waals surface area contributed by atoms with Crippen molar-refractivity contribution >= 4 is 57.7 Å². The minimum absolute atomic E-state index is 0.324. The third-order valence-electron chi connectivity index (χ3n) is 3.57. The van der Waals surface area contributed by atoms with Gasteiger partial charge in [0.05, 0.1) is 28.8 Å². The number of aliphatic imine (C=N–C) groups is 2. The van der Waals surface area contributed by atoms with Gasteiger partial charge in [-0.25, -0.2) is 4.99 Å². The third-order valence-corrected chi connectivity index (χ3v) is 4.60. The summed E-state index contributed by atoms with van der Waals surface area (Å²) in [4.78, 5) is 9.32. The van der Waals surface area contributed by atoms with Crippen molar-refractivity contribution in [2.45, 2.75) is 6.92 Å². The van der Waals surface area contributed by atoms with Crippen molar-refractivity contribution in [2.75, 3.05) is 12.4 Å². The number of hydrazone groups is 1. The molecule has 0 atom stereocenters. The highest BCUT2D eigenvalue weighted by molar-refractivity contribution is 6.37. The smallest absolute Gasteiger partial charge is 0.144 e. The third kappa shape index (κ3) is 4.03. The highest BCUT2D eigenvalue weighted by Gasteiger charge is 2.19. The topological polar surface area (TPSA) is 49.1 Å². The zero-order chi connectivity index (χ0) is 17.8. The van der Waals surface area contributed by atoms with Gasteiger partial charge in [0.15, 0.2) is 0 Å². The van der Waals surface area contributed by atoms with E-state index in [9.17, 15) is 0 Å². The van der Waals surface area contributed by atoms with E-state index in [2.05, 4.69) is 15.5 Å². The number of hydrogen-bond donors (Lipinski definition) is 1. The number of alkyl halides is 1. The van der Waals surface area contributed by atoms with Gasteiger partial charge in [-0.1, -0.05) is 53.5 Å². The van der Waals surface area contributed by atoms with Gasteiger partial charge in [-0.2, -0.15) is 5.10 Å². The summed E-state index contributed by atoms with van der Waals surface area (Å²) in [5, 5.41) is 5.35. The van der Waals surface area contributed by atoms with Crippen molar-refractivity contribution in [3.63, 3.8) is 0 Å². The molecule has 0 amide bonds. The Bertz CT molecular complexity index is 888. The van der Waals surface area contributed by atoms with Crippen LogP contribution in [0.4, 0.5) is 5.69 Å². The number of nitrogens with one attached hydrogen (secondary N) is 1. The van der Waals surface area contributed by atoms with Crippen LogP contribution < -0.4 is 5.43 Å². The van der Waals surface area contributed by atoms with Crippen LogP contribution in [0.2, 0.25) is 10.0 Å². The first-order chi connectivity index (χ1) is 12.1. The fourth-order valence-electron chi connectivity index (χ4n) is 2.36. The maximum absolute atomic E-state index is 6.38. The van der Waals surface area contributed by atoms with E-state index in [4.69, 9.17) is 39.8 Å². The van der Waals surface area contributed by atoms with Crippen molar-refractivity contribution in [1.29, 1.82) is 0 Å². The van der Waals surface area contributed by atoms with E-state index in [0.717, 1.165) is 22.6 Å². The van der Waals surface area contributed by atoms with Gasteiger partial charge in [-0.15, -0.1) is 11.6 Å². The van der Waals surface area contributed by atoms with Gasteiger partial charge in [-0.05, 0) is 19.1 Å². The summed E-state index contributed by atoms with van der Waals surface area (Å²) in [6.07, 6.45) is 0. The van der Waals surface area contributed by atoms with Crippen LogP contribution in [0.3, 0.4) is 0 Å². The van der Waals surface area contributed by atoms with Crippen LogP contribution in [-0.2, 0) is 0 Å². The fourth-order valence-corrected chi connectivity index (χ4v) is 2.86. The first kappa shape index (κ1) is 17.9. The molecule has 2 aromatic rings. The molecule has 0 aliphatic carbocycles. The number of benzene rings is 2. The first-order valence-electron chi connectivity index (χ1n) is 7.61. The average molecular weight is 394 g/mol. The summed E-state index contributed by atoms with van der Waals surface area (Å²) < 4.78 is 0.